The first-order valence-electron chi connectivity index (χ1n) is 12.0. The molecule has 0 spiro atoms. The fraction of sp³-hybridized carbons (Fsp3) is 0.0968. The van der Waals surface area contributed by atoms with E-state index in [1.807, 2.05) is 56.2 Å². The van der Waals surface area contributed by atoms with Gasteiger partial charge in [0.1, 0.15) is 11.3 Å². The molecule has 3 heterocycles. The molecule has 6 aromatic rings. The van der Waals surface area contributed by atoms with E-state index in [0.29, 0.717) is 5.44 Å². The lowest BCUT2D eigenvalue weighted by atomic mass is 10.0. The van der Waals surface area contributed by atoms with Gasteiger partial charge in [0, 0.05) is 28.5 Å². The van der Waals surface area contributed by atoms with Crippen LogP contribution < -0.4 is 10.7 Å². The zero-order valence-electron chi connectivity index (χ0n) is 20.5. The van der Waals surface area contributed by atoms with Gasteiger partial charge in [-0.3, -0.25) is 9.55 Å². The third-order valence-corrected chi connectivity index (χ3v) is 9.40. The van der Waals surface area contributed by atoms with Crippen molar-refractivity contribution in [2.45, 2.75) is 13.8 Å². The molecule has 0 aliphatic carbocycles. The summed E-state index contributed by atoms with van der Waals surface area (Å²) in [6, 6.07) is 31.0. The van der Waals surface area contributed by atoms with Gasteiger partial charge >= 0.3 is 0 Å². The lowest BCUT2D eigenvalue weighted by Gasteiger charge is -2.16. The monoisotopic (exact) mass is 487 g/mol. The molecule has 5 heteroatoms. The van der Waals surface area contributed by atoms with Gasteiger partial charge in [-0.05, 0) is 79.2 Å². The predicted molar refractivity (Wildman–Crippen MR) is 151 cm³/mol. The van der Waals surface area contributed by atoms with Gasteiger partial charge < -0.3 is 4.57 Å². The average Bonchev–Trinajstić information content (AvgIpc) is 3.22. The minimum absolute atomic E-state index is 0.670. The van der Waals surface area contributed by atoms with Crippen LogP contribution in [0.2, 0.25) is 0 Å². The second kappa shape index (κ2) is 8.58. The van der Waals surface area contributed by atoms with E-state index in [9.17, 15) is 4.57 Å². The van der Waals surface area contributed by atoms with Crippen molar-refractivity contribution < 1.29 is 4.57 Å². The Bertz CT molecular complexity index is 1820. The fourth-order valence-electron chi connectivity index (χ4n) is 5.04. The van der Waals surface area contributed by atoms with Gasteiger partial charge in [0.25, 0.3) is 0 Å². The summed E-state index contributed by atoms with van der Waals surface area (Å²) in [5.41, 5.74) is 7.10. The molecule has 0 saturated heterocycles. The highest BCUT2D eigenvalue weighted by Gasteiger charge is 2.25. The van der Waals surface area contributed by atoms with E-state index >= 15 is 0 Å². The zero-order chi connectivity index (χ0) is 24.9. The third-order valence-electron chi connectivity index (χ3n) is 6.86. The van der Waals surface area contributed by atoms with Crippen LogP contribution in [-0.4, -0.2) is 21.2 Å². The minimum atomic E-state index is -2.84. The molecule has 3 aromatic carbocycles. The quantitative estimate of drug-likeness (QED) is 0.257. The number of aromatic nitrogens is 3. The third kappa shape index (κ3) is 3.66. The molecule has 0 saturated carbocycles. The highest BCUT2D eigenvalue weighted by Crippen LogP contribution is 2.40. The minimum Gasteiger partial charge on any atom is -0.312 e. The Morgan fingerprint density at radius 3 is 2.33 bits per heavy atom. The van der Waals surface area contributed by atoms with Crippen LogP contribution in [0.1, 0.15) is 11.1 Å². The van der Waals surface area contributed by atoms with E-state index in [2.05, 4.69) is 71.1 Å². The number of hydrogen-bond acceptors (Lipinski definition) is 3. The van der Waals surface area contributed by atoms with Crippen LogP contribution in [0, 0.1) is 13.8 Å². The van der Waals surface area contributed by atoms with Crippen molar-refractivity contribution in [1.29, 1.82) is 0 Å². The fourth-order valence-corrected chi connectivity index (χ4v) is 7.07. The maximum absolute atomic E-state index is 13.9. The Kier molecular flexibility index (Phi) is 5.35. The van der Waals surface area contributed by atoms with Crippen LogP contribution in [0.3, 0.4) is 0 Å². The lowest BCUT2D eigenvalue weighted by Crippen LogP contribution is -2.20. The van der Waals surface area contributed by atoms with E-state index in [1.165, 1.54) is 16.3 Å². The van der Waals surface area contributed by atoms with Crippen molar-refractivity contribution in [3.8, 4) is 16.9 Å². The molecule has 36 heavy (non-hydrogen) atoms. The molecule has 0 aliphatic heterocycles. The summed E-state index contributed by atoms with van der Waals surface area (Å²) in [6.07, 6.45) is 3.57. The molecule has 1 unspecified atom stereocenters. The molecule has 6 rings (SSSR count). The molecule has 0 aliphatic rings. The van der Waals surface area contributed by atoms with Gasteiger partial charge in [-0.2, -0.15) is 0 Å². The number of fused-ring (bicyclic) bond motifs is 3. The van der Waals surface area contributed by atoms with Crippen molar-refractivity contribution in [3.63, 3.8) is 0 Å². The zero-order valence-corrected chi connectivity index (χ0v) is 21.4. The van der Waals surface area contributed by atoms with Gasteiger partial charge in [0.15, 0.2) is 7.14 Å². The molecular weight excluding hydrogens is 461 g/mol. The van der Waals surface area contributed by atoms with E-state index in [4.69, 9.17) is 4.98 Å². The number of hydrogen-bond donors (Lipinski definition) is 0. The average molecular weight is 488 g/mol. The largest absolute Gasteiger partial charge is 0.312 e. The molecule has 1 atom stereocenters. The number of nitrogens with zero attached hydrogens (tertiary/aromatic N) is 3. The summed E-state index contributed by atoms with van der Waals surface area (Å²) in [4.78, 5) is 9.16. The standard InChI is InChI=1S/C31H26N3OP/c1-21-15-17-32-30(18-21)34-28-12-5-4-11-26(28)27-14-13-24(20-29(27)34)23-9-6-10-25(19-23)36(3,35)31-22(2)8-7-16-33-31/h4-20H,1-3H3. The molecule has 0 amide bonds. The van der Waals surface area contributed by atoms with Crippen molar-refractivity contribution in [2.24, 2.45) is 0 Å². The number of para-hydroxylation sites is 1. The van der Waals surface area contributed by atoms with Crippen LogP contribution in [0.15, 0.2) is 103 Å². The SMILES string of the molecule is Cc1ccnc(-n2c3ccccc3c3ccc(-c4cccc(P(C)(=O)c5ncccc5C)c4)cc32)c1. The molecule has 3 aromatic heterocycles. The van der Waals surface area contributed by atoms with Gasteiger partial charge in [-0.15, -0.1) is 0 Å². The summed E-state index contributed by atoms with van der Waals surface area (Å²) in [6.45, 7) is 5.86. The highest BCUT2D eigenvalue weighted by molar-refractivity contribution is 7.77. The van der Waals surface area contributed by atoms with E-state index < -0.39 is 7.14 Å². The Morgan fingerprint density at radius 2 is 1.50 bits per heavy atom. The summed E-state index contributed by atoms with van der Waals surface area (Å²) in [5, 5.41) is 3.18. The van der Waals surface area contributed by atoms with E-state index in [1.54, 1.807) is 6.20 Å². The molecule has 0 N–H and O–H groups in total. The van der Waals surface area contributed by atoms with Gasteiger partial charge in [-0.25, -0.2) is 4.98 Å². The lowest BCUT2D eigenvalue weighted by molar-refractivity contribution is 0.590. The second-order valence-electron chi connectivity index (χ2n) is 9.39. The van der Waals surface area contributed by atoms with Crippen LogP contribution in [0.4, 0.5) is 0 Å². The molecule has 176 valence electrons. The van der Waals surface area contributed by atoms with E-state index in [-0.39, 0.29) is 0 Å². The smallest absolute Gasteiger partial charge is 0.158 e. The Hall–Kier alpha value is -4.01. The first-order valence-corrected chi connectivity index (χ1v) is 14.2. The second-order valence-corrected chi connectivity index (χ2v) is 12.2. The first-order chi connectivity index (χ1) is 17.4. The first kappa shape index (κ1) is 22.5. The van der Waals surface area contributed by atoms with Crippen LogP contribution >= 0.6 is 7.14 Å². The normalized spacial score (nSPS) is 13.2. The van der Waals surface area contributed by atoms with Crippen LogP contribution in [0.25, 0.3) is 38.8 Å². The van der Waals surface area contributed by atoms with Crippen molar-refractivity contribution >= 4 is 39.7 Å². The molecule has 0 radical (unpaired) electrons. The number of rotatable bonds is 4. The molecular formula is C31H26N3OP. The number of aryl methyl sites for hydroxylation is 2. The number of pyridine rings is 2. The number of benzene rings is 3. The Balaban J connectivity index is 1.54. The van der Waals surface area contributed by atoms with Gasteiger partial charge in [-0.1, -0.05) is 54.6 Å². The topological polar surface area (TPSA) is 47.8 Å². The molecule has 0 fully saturated rings. The maximum atomic E-state index is 13.9. The van der Waals surface area contributed by atoms with Crippen molar-refractivity contribution in [3.05, 3.63) is 115 Å². The van der Waals surface area contributed by atoms with Crippen LogP contribution in [0.5, 0.6) is 0 Å². The Morgan fingerprint density at radius 1 is 0.694 bits per heavy atom. The van der Waals surface area contributed by atoms with Gasteiger partial charge in [0.05, 0.1) is 11.0 Å². The van der Waals surface area contributed by atoms with Crippen molar-refractivity contribution in [1.82, 2.24) is 14.5 Å². The van der Waals surface area contributed by atoms with Gasteiger partial charge in [0.2, 0.25) is 0 Å². The van der Waals surface area contributed by atoms with E-state index in [0.717, 1.165) is 38.8 Å². The van der Waals surface area contributed by atoms with Crippen molar-refractivity contribution in [2.75, 3.05) is 6.66 Å². The summed E-state index contributed by atoms with van der Waals surface area (Å²) >= 11 is 0. The maximum Gasteiger partial charge on any atom is 0.158 e. The van der Waals surface area contributed by atoms with Crippen LogP contribution in [-0.2, 0) is 4.57 Å². The molecule has 4 nitrogen and oxygen atoms in total. The molecule has 0 bridgehead atoms. The summed E-state index contributed by atoms with van der Waals surface area (Å²) in [7, 11) is -2.84. The predicted octanol–water partition coefficient (Wildman–Crippen LogP) is 6.80. The summed E-state index contributed by atoms with van der Waals surface area (Å²) in [5.74, 6) is 0.899. The Labute approximate surface area is 210 Å². The highest BCUT2D eigenvalue weighted by atomic mass is 31.2. The summed E-state index contributed by atoms with van der Waals surface area (Å²) < 4.78 is 16.2.